The third kappa shape index (κ3) is 4.18. The van der Waals surface area contributed by atoms with Crippen molar-refractivity contribution in [3.05, 3.63) is 0 Å². The van der Waals surface area contributed by atoms with E-state index < -0.39 is 5.60 Å². The Morgan fingerprint density at radius 3 is 2.80 bits per heavy atom. The summed E-state index contributed by atoms with van der Waals surface area (Å²) in [7, 11) is 0. The minimum Gasteiger partial charge on any atom is -0.388 e. The molecule has 1 N–H and O–H groups in total. The molecule has 88 valence electrons. The predicted octanol–water partition coefficient (Wildman–Crippen LogP) is 0.785. The van der Waals surface area contributed by atoms with Gasteiger partial charge in [0.15, 0.2) is 0 Å². The average molecular weight is 215 g/mol. The summed E-state index contributed by atoms with van der Waals surface area (Å²) < 4.78 is 5.25. The highest BCUT2D eigenvalue weighted by Gasteiger charge is 2.30. The van der Waals surface area contributed by atoms with Gasteiger partial charge in [-0.1, -0.05) is 0 Å². The second kappa shape index (κ2) is 4.94. The van der Waals surface area contributed by atoms with Gasteiger partial charge in [0.2, 0.25) is 5.91 Å². The number of piperidine rings is 1. The highest BCUT2D eigenvalue weighted by atomic mass is 16.5. The van der Waals surface area contributed by atoms with E-state index in [1.807, 2.05) is 13.8 Å². The topological polar surface area (TPSA) is 49.8 Å². The summed E-state index contributed by atoms with van der Waals surface area (Å²) in [6.07, 6.45) is 1.70. The summed E-state index contributed by atoms with van der Waals surface area (Å²) in [6, 6.07) is 0. The molecule has 4 nitrogen and oxygen atoms in total. The zero-order chi connectivity index (χ0) is 11.5. The molecule has 1 rings (SSSR count). The number of amides is 1. The van der Waals surface area contributed by atoms with Crippen molar-refractivity contribution in [3.8, 4) is 0 Å². The molecule has 1 fully saturated rings. The first-order valence-electron chi connectivity index (χ1n) is 5.52. The maximum atomic E-state index is 11.7. The number of carbonyl (C=O) groups is 1. The second-order valence-corrected chi connectivity index (χ2v) is 4.78. The largest absolute Gasteiger partial charge is 0.388 e. The maximum Gasteiger partial charge on any atom is 0.248 e. The van der Waals surface area contributed by atoms with Gasteiger partial charge in [0.1, 0.15) is 6.61 Å². The van der Waals surface area contributed by atoms with Crippen LogP contribution in [0, 0.1) is 0 Å². The van der Waals surface area contributed by atoms with E-state index in [4.69, 9.17) is 4.74 Å². The third-order valence-electron chi connectivity index (χ3n) is 2.57. The van der Waals surface area contributed by atoms with Gasteiger partial charge in [0.25, 0.3) is 0 Å². The molecule has 0 aliphatic carbocycles. The first kappa shape index (κ1) is 12.5. The number of β-amino-alcohol motifs (C(OH)–C–C–N with tert-alkyl or cyclic N) is 1. The molecular formula is C11H21NO3. The Labute approximate surface area is 91.2 Å². The zero-order valence-electron chi connectivity index (χ0n) is 9.82. The van der Waals surface area contributed by atoms with Gasteiger partial charge in [0, 0.05) is 13.1 Å². The van der Waals surface area contributed by atoms with Crippen LogP contribution in [0.1, 0.15) is 33.6 Å². The van der Waals surface area contributed by atoms with Crippen LogP contribution >= 0.6 is 0 Å². The zero-order valence-corrected chi connectivity index (χ0v) is 9.82. The third-order valence-corrected chi connectivity index (χ3v) is 2.57. The molecule has 1 aliphatic rings. The highest BCUT2D eigenvalue weighted by Crippen LogP contribution is 2.20. The highest BCUT2D eigenvalue weighted by molar-refractivity contribution is 5.77. The quantitative estimate of drug-likeness (QED) is 0.757. The average Bonchev–Trinajstić information content (AvgIpc) is 2.12. The van der Waals surface area contributed by atoms with Gasteiger partial charge < -0.3 is 14.7 Å². The van der Waals surface area contributed by atoms with Gasteiger partial charge >= 0.3 is 0 Å². The smallest absolute Gasteiger partial charge is 0.248 e. The van der Waals surface area contributed by atoms with Crippen molar-refractivity contribution < 1.29 is 14.6 Å². The molecule has 0 saturated carbocycles. The summed E-state index contributed by atoms with van der Waals surface area (Å²) in [5.41, 5.74) is -0.730. The number of rotatable bonds is 3. The van der Waals surface area contributed by atoms with Gasteiger partial charge in [-0.15, -0.1) is 0 Å². The molecule has 1 amide bonds. The minimum atomic E-state index is -0.730. The van der Waals surface area contributed by atoms with Crippen LogP contribution in [0.15, 0.2) is 0 Å². The van der Waals surface area contributed by atoms with Gasteiger partial charge in [-0.25, -0.2) is 0 Å². The van der Waals surface area contributed by atoms with E-state index >= 15 is 0 Å². The summed E-state index contributed by atoms with van der Waals surface area (Å²) in [6.45, 7) is 6.85. The van der Waals surface area contributed by atoms with Crippen LogP contribution in [0.2, 0.25) is 0 Å². The van der Waals surface area contributed by atoms with Gasteiger partial charge in [-0.2, -0.15) is 0 Å². The number of carbonyl (C=O) groups excluding carboxylic acids is 1. The van der Waals surface area contributed by atoms with Gasteiger partial charge in [0.05, 0.1) is 11.7 Å². The van der Waals surface area contributed by atoms with Crippen molar-refractivity contribution in [3.63, 3.8) is 0 Å². The van der Waals surface area contributed by atoms with E-state index in [1.54, 1.807) is 11.8 Å². The van der Waals surface area contributed by atoms with Crippen LogP contribution in [0.4, 0.5) is 0 Å². The van der Waals surface area contributed by atoms with Gasteiger partial charge in [-0.3, -0.25) is 4.79 Å². The minimum absolute atomic E-state index is 0.0244. The van der Waals surface area contributed by atoms with E-state index in [9.17, 15) is 9.90 Å². The van der Waals surface area contributed by atoms with Crippen LogP contribution in [-0.2, 0) is 9.53 Å². The lowest BCUT2D eigenvalue weighted by Gasteiger charge is -2.36. The Kier molecular flexibility index (Phi) is 4.11. The summed E-state index contributed by atoms with van der Waals surface area (Å²) in [5.74, 6) is -0.0244. The lowest BCUT2D eigenvalue weighted by molar-refractivity contribution is -0.143. The Morgan fingerprint density at radius 2 is 2.27 bits per heavy atom. The Hall–Kier alpha value is -0.610. The second-order valence-electron chi connectivity index (χ2n) is 4.78. The summed E-state index contributed by atoms with van der Waals surface area (Å²) >= 11 is 0. The van der Waals surface area contributed by atoms with Crippen molar-refractivity contribution in [2.24, 2.45) is 0 Å². The van der Waals surface area contributed by atoms with E-state index in [0.29, 0.717) is 6.54 Å². The molecule has 0 bridgehead atoms. The molecule has 0 spiro atoms. The molecule has 1 saturated heterocycles. The first-order valence-corrected chi connectivity index (χ1v) is 5.52. The molecule has 0 aromatic heterocycles. The standard InChI is InChI=1S/C11H21NO3/c1-9(2)15-7-10(13)12-6-4-5-11(3,14)8-12/h9,14H,4-8H2,1-3H3. The molecule has 1 heterocycles. The Morgan fingerprint density at radius 1 is 1.60 bits per heavy atom. The first-order chi connectivity index (χ1) is 6.91. The fourth-order valence-electron chi connectivity index (χ4n) is 1.76. The van der Waals surface area contributed by atoms with Crippen molar-refractivity contribution in [1.29, 1.82) is 0 Å². The lowest BCUT2D eigenvalue weighted by atomic mass is 9.95. The fraction of sp³-hybridized carbons (Fsp3) is 0.909. The van der Waals surface area contributed by atoms with Crippen LogP contribution in [0.25, 0.3) is 0 Å². The number of ether oxygens (including phenoxy) is 1. The molecule has 1 aliphatic heterocycles. The Bertz CT molecular complexity index is 226. The number of hydrogen-bond acceptors (Lipinski definition) is 3. The monoisotopic (exact) mass is 215 g/mol. The van der Waals surface area contributed by atoms with Gasteiger partial charge in [-0.05, 0) is 33.6 Å². The van der Waals surface area contributed by atoms with E-state index in [1.165, 1.54) is 0 Å². The van der Waals surface area contributed by atoms with Crippen molar-refractivity contribution >= 4 is 5.91 Å². The Balaban J connectivity index is 2.39. The number of aliphatic hydroxyl groups is 1. The molecule has 1 atom stereocenters. The molecular weight excluding hydrogens is 194 g/mol. The maximum absolute atomic E-state index is 11.7. The fourth-order valence-corrected chi connectivity index (χ4v) is 1.76. The summed E-state index contributed by atoms with van der Waals surface area (Å²) in [5, 5.41) is 9.84. The molecule has 0 aromatic carbocycles. The number of nitrogens with zero attached hydrogens (tertiary/aromatic N) is 1. The van der Waals surface area contributed by atoms with E-state index in [2.05, 4.69) is 0 Å². The SMILES string of the molecule is CC(C)OCC(=O)N1CCCC(C)(O)C1. The number of hydrogen-bond donors (Lipinski definition) is 1. The van der Waals surface area contributed by atoms with Crippen molar-refractivity contribution in [2.45, 2.75) is 45.3 Å². The predicted molar refractivity (Wildman–Crippen MR) is 57.5 cm³/mol. The molecule has 0 radical (unpaired) electrons. The molecule has 1 unspecified atom stereocenters. The summed E-state index contributed by atoms with van der Waals surface area (Å²) in [4.78, 5) is 13.4. The van der Waals surface area contributed by atoms with Crippen LogP contribution in [0.3, 0.4) is 0 Å². The van der Waals surface area contributed by atoms with Crippen LogP contribution in [0.5, 0.6) is 0 Å². The number of likely N-dealkylation sites (tertiary alicyclic amines) is 1. The van der Waals surface area contributed by atoms with E-state index in [-0.39, 0.29) is 18.6 Å². The van der Waals surface area contributed by atoms with Crippen molar-refractivity contribution in [2.75, 3.05) is 19.7 Å². The lowest BCUT2D eigenvalue weighted by Crippen LogP contribution is -2.49. The molecule has 0 aromatic rings. The molecule has 4 heteroatoms. The van der Waals surface area contributed by atoms with Crippen molar-refractivity contribution in [1.82, 2.24) is 4.90 Å². The van der Waals surface area contributed by atoms with E-state index in [0.717, 1.165) is 19.4 Å². The van der Waals surface area contributed by atoms with Crippen LogP contribution < -0.4 is 0 Å². The molecule has 15 heavy (non-hydrogen) atoms. The normalized spacial score (nSPS) is 27.1. The van der Waals surface area contributed by atoms with Crippen LogP contribution in [-0.4, -0.2) is 47.3 Å².